The summed E-state index contributed by atoms with van der Waals surface area (Å²) in [6.07, 6.45) is 5.45. The molecule has 0 bridgehead atoms. The highest BCUT2D eigenvalue weighted by atomic mass is 32.2. The van der Waals surface area contributed by atoms with Crippen molar-refractivity contribution in [3.8, 4) is 0 Å². The molecule has 118 valence electrons. The molecule has 1 aliphatic heterocycles. The Morgan fingerprint density at radius 2 is 1.90 bits per heavy atom. The number of aryl methyl sites for hydroxylation is 1. The summed E-state index contributed by atoms with van der Waals surface area (Å²) in [6.45, 7) is 4.77. The van der Waals surface area contributed by atoms with Gasteiger partial charge in [-0.1, -0.05) is 50.3 Å². The van der Waals surface area contributed by atoms with Crippen LogP contribution in [0.3, 0.4) is 0 Å². The standard InChI is InChI=1S/C16H25NO3S/c1-3-4-5-6-7-15(16-12-20-16)17-21(18,19)14-10-8-13(2)9-11-14/h8-11,15-17H,3-7,12H2,1-2H3/t15-,16-/m1/s1. The van der Waals surface area contributed by atoms with Crippen LogP contribution in [0.25, 0.3) is 0 Å². The lowest BCUT2D eigenvalue weighted by Crippen LogP contribution is -2.38. The summed E-state index contributed by atoms with van der Waals surface area (Å²) in [4.78, 5) is 0.326. The van der Waals surface area contributed by atoms with Gasteiger partial charge in [-0.2, -0.15) is 0 Å². The second-order valence-corrected chi connectivity index (χ2v) is 7.48. The molecule has 0 saturated carbocycles. The molecule has 1 fully saturated rings. The Balaban J connectivity index is 1.96. The zero-order valence-corrected chi connectivity index (χ0v) is 13.7. The lowest BCUT2D eigenvalue weighted by atomic mass is 10.1. The lowest BCUT2D eigenvalue weighted by Gasteiger charge is -2.17. The SMILES string of the molecule is CCCCCC[C@@H](NS(=O)(=O)c1ccc(C)cc1)[C@H]1CO1. The minimum atomic E-state index is -3.45. The Morgan fingerprint density at radius 3 is 2.48 bits per heavy atom. The van der Waals surface area contributed by atoms with Gasteiger partial charge in [-0.3, -0.25) is 0 Å². The molecule has 5 heteroatoms. The first-order chi connectivity index (χ1) is 10.0. The van der Waals surface area contributed by atoms with Gasteiger partial charge in [-0.15, -0.1) is 0 Å². The fourth-order valence-electron chi connectivity index (χ4n) is 2.38. The lowest BCUT2D eigenvalue weighted by molar-refractivity contribution is 0.345. The molecule has 1 N–H and O–H groups in total. The Morgan fingerprint density at radius 1 is 1.24 bits per heavy atom. The summed E-state index contributed by atoms with van der Waals surface area (Å²) in [6, 6.07) is 6.84. The fraction of sp³-hybridized carbons (Fsp3) is 0.625. The number of hydrogen-bond donors (Lipinski definition) is 1. The van der Waals surface area contributed by atoms with Gasteiger partial charge in [0.1, 0.15) is 0 Å². The molecule has 0 unspecified atom stereocenters. The van der Waals surface area contributed by atoms with Gasteiger partial charge in [-0.25, -0.2) is 13.1 Å². The first-order valence-electron chi connectivity index (χ1n) is 7.73. The van der Waals surface area contributed by atoms with Crippen LogP contribution in [0, 0.1) is 6.92 Å². The van der Waals surface area contributed by atoms with Gasteiger partial charge in [0, 0.05) is 0 Å². The van der Waals surface area contributed by atoms with Gasteiger partial charge in [0.15, 0.2) is 0 Å². The average Bonchev–Trinajstić information content (AvgIpc) is 3.27. The van der Waals surface area contributed by atoms with Crippen molar-refractivity contribution in [3.63, 3.8) is 0 Å². The fourth-order valence-corrected chi connectivity index (χ4v) is 3.68. The molecule has 1 aromatic carbocycles. The molecule has 0 spiro atoms. The van der Waals surface area contributed by atoms with Crippen LogP contribution < -0.4 is 4.72 Å². The van der Waals surface area contributed by atoms with E-state index in [1.54, 1.807) is 12.1 Å². The third-order valence-corrected chi connectivity index (χ3v) is 5.32. The van der Waals surface area contributed by atoms with Crippen molar-refractivity contribution < 1.29 is 13.2 Å². The van der Waals surface area contributed by atoms with E-state index in [1.165, 1.54) is 12.8 Å². The quantitative estimate of drug-likeness (QED) is 0.563. The van der Waals surface area contributed by atoms with Crippen LogP contribution in [0.1, 0.15) is 44.6 Å². The van der Waals surface area contributed by atoms with Crippen LogP contribution in [0.5, 0.6) is 0 Å². The van der Waals surface area contributed by atoms with E-state index in [2.05, 4.69) is 11.6 Å². The van der Waals surface area contributed by atoms with Crippen molar-refractivity contribution >= 4 is 10.0 Å². The van der Waals surface area contributed by atoms with E-state index in [9.17, 15) is 8.42 Å². The highest BCUT2D eigenvalue weighted by molar-refractivity contribution is 7.89. The van der Waals surface area contributed by atoms with E-state index < -0.39 is 10.0 Å². The highest BCUT2D eigenvalue weighted by Gasteiger charge is 2.35. The van der Waals surface area contributed by atoms with Crippen LogP contribution in [-0.4, -0.2) is 27.2 Å². The monoisotopic (exact) mass is 311 g/mol. The average molecular weight is 311 g/mol. The zero-order valence-electron chi connectivity index (χ0n) is 12.8. The molecule has 21 heavy (non-hydrogen) atoms. The minimum Gasteiger partial charge on any atom is -0.371 e. The summed E-state index contributed by atoms with van der Waals surface area (Å²) < 4.78 is 32.9. The molecule has 0 aromatic heterocycles. The number of sulfonamides is 1. The predicted molar refractivity (Wildman–Crippen MR) is 83.8 cm³/mol. The zero-order chi connectivity index (χ0) is 15.3. The molecule has 1 saturated heterocycles. The Labute approximate surface area is 127 Å². The van der Waals surface area contributed by atoms with E-state index in [0.717, 1.165) is 24.8 Å². The van der Waals surface area contributed by atoms with Crippen LogP contribution in [0.4, 0.5) is 0 Å². The van der Waals surface area contributed by atoms with E-state index >= 15 is 0 Å². The topological polar surface area (TPSA) is 58.7 Å². The third kappa shape index (κ3) is 5.09. The van der Waals surface area contributed by atoms with Crippen LogP contribution in [-0.2, 0) is 14.8 Å². The summed E-state index contributed by atoms with van der Waals surface area (Å²) in [5.74, 6) is 0. The molecule has 4 nitrogen and oxygen atoms in total. The normalized spacial score (nSPS) is 19.4. The van der Waals surface area contributed by atoms with E-state index in [4.69, 9.17) is 4.74 Å². The molecule has 0 aliphatic carbocycles. The molecule has 2 atom stereocenters. The molecular weight excluding hydrogens is 286 g/mol. The second kappa shape index (κ2) is 7.38. The number of benzene rings is 1. The summed E-state index contributed by atoms with van der Waals surface area (Å²) >= 11 is 0. The van der Waals surface area contributed by atoms with Gasteiger partial charge in [-0.05, 0) is 25.5 Å². The smallest absolute Gasteiger partial charge is 0.240 e. The summed E-state index contributed by atoms with van der Waals surface area (Å²) in [5.41, 5.74) is 1.05. The minimum absolute atomic E-state index is 0.0480. The number of nitrogens with one attached hydrogen (secondary N) is 1. The molecule has 1 heterocycles. The van der Waals surface area contributed by atoms with Crippen LogP contribution in [0.2, 0.25) is 0 Å². The maximum absolute atomic E-state index is 12.4. The number of unbranched alkanes of at least 4 members (excludes halogenated alkanes) is 3. The van der Waals surface area contributed by atoms with E-state index in [1.807, 2.05) is 19.1 Å². The van der Waals surface area contributed by atoms with E-state index in [0.29, 0.717) is 11.5 Å². The second-order valence-electron chi connectivity index (χ2n) is 5.76. The molecule has 1 aromatic rings. The van der Waals surface area contributed by atoms with Gasteiger partial charge in [0.25, 0.3) is 0 Å². The first-order valence-corrected chi connectivity index (χ1v) is 9.22. The van der Waals surface area contributed by atoms with Gasteiger partial charge >= 0.3 is 0 Å². The van der Waals surface area contributed by atoms with Crippen molar-refractivity contribution in [1.29, 1.82) is 0 Å². The number of epoxide rings is 1. The van der Waals surface area contributed by atoms with Gasteiger partial charge in [0.05, 0.1) is 23.6 Å². The van der Waals surface area contributed by atoms with Gasteiger partial charge < -0.3 is 4.74 Å². The van der Waals surface area contributed by atoms with Crippen molar-refractivity contribution in [2.75, 3.05) is 6.61 Å². The molecule has 1 aliphatic rings. The van der Waals surface area contributed by atoms with E-state index in [-0.39, 0.29) is 12.1 Å². The van der Waals surface area contributed by atoms with Crippen molar-refractivity contribution in [2.45, 2.75) is 63.0 Å². The summed E-state index contributed by atoms with van der Waals surface area (Å²) in [7, 11) is -3.45. The van der Waals surface area contributed by atoms with Crippen LogP contribution >= 0.6 is 0 Å². The molecular formula is C16H25NO3S. The maximum atomic E-state index is 12.4. The number of rotatable bonds is 9. The Bertz CT molecular complexity index is 535. The number of ether oxygens (including phenoxy) is 1. The van der Waals surface area contributed by atoms with Crippen molar-refractivity contribution in [3.05, 3.63) is 29.8 Å². The molecule has 2 rings (SSSR count). The highest BCUT2D eigenvalue weighted by Crippen LogP contribution is 2.21. The molecule has 0 radical (unpaired) electrons. The largest absolute Gasteiger partial charge is 0.371 e. The third-order valence-electron chi connectivity index (χ3n) is 3.81. The Kier molecular flexibility index (Phi) is 5.79. The molecule has 0 amide bonds. The van der Waals surface area contributed by atoms with Crippen LogP contribution in [0.15, 0.2) is 29.2 Å². The Hall–Kier alpha value is -0.910. The maximum Gasteiger partial charge on any atom is 0.240 e. The number of hydrogen-bond acceptors (Lipinski definition) is 3. The van der Waals surface area contributed by atoms with Gasteiger partial charge in [0.2, 0.25) is 10.0 Å². The van der Waals surface area contributed by atoms with Crippen molar-refractivity contribution in [2.24, 2.45) is 0 Å². The predicted octanol–water partition coefficient (Wildman–Crippen LogP) is 3.01. The first kappa shape index (κ1) is 16.5. The summed E-state index contributed by atoms with van der Waals surface area (Å²) in [5, 5.41) is 0. The van der Waals surface area contributed by atoms with Crippen molar-refractivity contribution in [1.82, 2.24) is 4.72 Å².